The van der Waals surface area contributed by atoms with Gasteiger partial charge < -0.3 is 14.5 Å². The molecule has 8 nitrogen and oxygen atoms in total. The summed E-state index contributed by atoms with van der Waals surface area (Å²) in [5, 5.41) is 6.07. The van der Waals surface area contributed by atoms with E-state index in [1.54, 1.807) is 18.0 Å². The number of halogens is 1. The summed E-state index contributed by atoms with van der Waals surface area (Å²) >= 11 is 6.15. The molecule has 9 heteroatoms. The molecule has 0 aliphatic carbocycles. The molecule has 0 N–H and O–H groups in total. The van der Waals surface area contributed by atoms with Gasteiger partial charge in [0.25, 0.3) is 0 Å². The summed E-state index contributed by atoms with van der Waals surface area (Å²) in [5.74, 6) is 1.54. The molecule has 0 spiro atoms. The van der Waals surface area contributed by atoms with Gasteiger partial charge in [0, 0.05) is 38.3 Å². The first kappa shape index (κ1) is 19.6. The molecule has 1 saturated heterocycles. The lowest BCUT2D eigenvalue weighted by molar-refractivity contribution is -0.134. The number of carbonyl (C=O) groups excluding carboxylic acids is 1. The zero-order chi connectivity index (χ0) is 20.4. The van der Waals surface area contributed by atoms with Crippen LogP contribution in [-0.4, -0.2) is 70.5 Å². The number of fused-ring (bicyclic) bond motifs is 1. The van der Waals surface area contributed by atoms with Crippen LogP contribution in [0.2, 0.25) is 5.02 Å². The lowest BCUT2D eigenvalue weighted by Crippen LogP contribution is -2.37. The Labute approximate surface area is 174 Å². The van der Waals surface area contributed by atoms with Gasteiger partial charge in [-0.1, -0.05) is 17.7 Å². The third kappa shape index (κ3) is 4.04. The van der Waals surface area contributed by atoms with Crippen LogP contribution in [0.5, 0.6) is 0 Å². The van der Waals surface area contributed by atoms with Gasteiger partial charge in [-0.25, -0.2) is 14.6 Å². The van der Waals surface area contributed by atoms with Gasteiger partial charge in [-0.3, -0.25) is 4.79 Å². The lowest BCUT2D eigenvalue weighted by atomic mass is 10.3. The number of hydrogen-bond acceptors (Lipinski definition) is 6. The molecule has 2 aromatic heterocycles. The van der Waals surface area contributed by atoms with Crippen LogP contribution in [0.1, 0.15) is 12.2 Å². The molecule has 0 atom stereocenters. The molecule has 3 aromatic rings. The highest BCUT2D eigenvalue weighted by molar-refractivity contribution is 6.30. The molecular weight excluding hydrogens is 392 g/mol. The predicted octanol–water partition coefficient (Wildman–Crippen LogP) is 2.46. The second-order valence-electron chi connectivity index (χ2n) is 7.02. The van der Waals surface area contributed by atoms with Crippen LogP contribution in [-0.2, 0) is 9.53 Å². The maximum absolute atomic E-state index is 12.2. The van der Waals surface area contributed by atoms with Crippen LogP contribution in [0.25, 0.3) is 16.7 Å². The van der Waals surface area contributed by atoms with Crippen LogP contribution < -0.4 is 4.90 Å². The molecule has 29 heavy (non-hydrogen) atoms. The van der Waals surface area contributed by atoms with Crippen molar-refractivity contribution in [2.45, 2.75) is 13.3 Å². The van der Waals surface area contributed by atoms with Crippen LogP contribution in [0.4, 0.5) is 5.82 Å². The Morgan fingerprint density at radius 3 is 2.86 bits per heavy atom. The Morgan fingerprint density at radius 1 is 1.21 bits per heavy atom. The minimum atomic E-state index is 0.0205. The fourth-order valence-electron chi connectivity index (χ4n) is 3.63. The second kappa shape index (κ2) is 8.34. The number of ether oxygens (including phenoxy) is 1. The van der Waals surface area contributed by atoms with Gasteiger partial charge >= 0.3 is 0 Å². The number of methoxy groups -OCH3 is 1. The molecule has 0 saturated carbocycles. The summed E-state index contributed by atoms with van der Waals surface area (Å²) in [6.45, 7) is 4.85. The quantitative estimate of drug-likeness (QED) is 0.652. The predicted molar refractivity (Wildman–Crippen MR) is 112 cm³/mol. The van der Waals surface area contributed by atoms with Crippen LogP contribution in [0.15, 0.2) is 30.5 Å². The Kier molecular flexibility index (Phi) is 5.64. The highest BCUT2D eigenvalue weighted by Crippen LogP contribution is 2.27. The Morgan fingerprint density at radius 2 is 2.07 bits per heavy atom. The minimum Gasteiger partial charge on any atom is -0.375 e. The summed E-state index contributed by atoms with van der Waals surface area (Å²) in [6.07, 6.45) is 2.66. The summed E-state index contributed by atoms with van der Waals surface area (Å²) < 4.78 is 6.77. The molecule has 4 rings (SSSR count). The Hall–Kier alpha value is -2.71. The van der Waals surface area contributed by atoms with Crippen molar-refractivity contribution in [3.63, 3.8) is 0 Å². The largest absolute Gasteiger partial charge is 0.375 e. The lowest BCUT2D eigenvalue weighted by Gasteiger charge is -2.23. The molecule has 3 heterocycles. The number of aryl methyl sites for hydroxylation is 1. The number of nitrogens with zero attached hydrogens (tertiary/aromatic N) is 6. The number of amides is 1. The summed E-state index contributed by atoms with van der Waals surface area (Å²) in [7, 11) is 1.54. The molecule has 0 bridgehead atoms. The van der Waals surface area contributed by atoms with Crippen molar-refractivity contribution in [3.05, 3.63) is 41.3 Å². The molecule has 1 fully saturated rings. The number of carbonyl (C=O) groups is 1. The maximum Gasteiger partial charge on any atom is 0.248 e. The van der Waals surface area contributed by atoms with Gasteiger partial charge in [0.2, 0.25) is 5.91 Å². The number of hydrogen-bond donors (Lipinski definition) is 0. The third-order valence-electron chi connectivity index (χ3n) is 4.99. The molecule has 1 aromatic carbocycles. The monoisotopic (exact) mass is 414 g/mol. The van der Waals surface area contributed by atoms with Crippen molar-refractivity contribution >= 4 is 34.4 Å². The fourth-order valence-corrected chi connectivity index (χ4v) is 3.81. The first-order valence-corrected chi connectivity index (χ1v) is 9.94. The molecular formula is C20H23ClN6O2. The van der Waals surface area contributed by atoms with E-state index in [2.05, 4.69) is 15.0 Å². The molecule has 1 aliphatic heterocycles. The standard InChI is InChI=1S/C20H23ClN6O2/c1-14-23-19(26-8-4-7-25(9-10-26)18(28)13-29-2)17-12-22-27(20(17)24-14)16-6-3-5-15(21)11-16/h3,5-6,11-12H,4,7-10,13H2,1-2H3. The van der Waals surface area contributed by atoms with Crippen LogP contribution >= 0.6 is 11.6 Å². The number of benzene rings is 1. The Bertz CT molecular complexity index is 1040. The molecule has 1 amide bonds. The average Bonchev–Trinajstić information content (AvgIpc) is 2.96. The van der Waals surface area contributed by atoms with Crippen molar-refractivity contribution in [1.82, 2.24) is 24.6 Å². The minimum absolute atomic E-state index is 0.0205. The SMILES string of the molecule is COCC(=O)N1CCCN(c2nc(C)nc3c2cnn3-c2cccc(Cl)c2)CC1. The van der Waals surface area contributed by atoms with Crippen molar-refractivity contribution < 1.29 is 9.53 Å². The molecule has 0 unspecified atom stereocenters. The third-order valence-corrected chi connectivity index (χ3v) is 5.22. The van der Waals surface area contributed by atoms with Crippen LogP contribution in [0, 0.1) is 6.92 Å². The van der Waals surface area contributed by atoms with Crippen molar-refractivity contribution in [3.8, 4) is 5.69 Å². The van der Waals surface area contributed by atoms with Crippen molar-refractivity contribution in [2.75, 3.05) is 44.8 Å². The molecule has 152 valence electrons. The topological polar surface area (TPSA) is 76.4 Å². The highest BCUT2D eigenvalue weighted by atomic mass is 35.5. The van der Waals surface area contributed by atoms with Gasteiger partial charge in [0.1, 0.15) is 18.2 Å². The van der Waals surface area contributed by atoms with E-state index in [0.29, 0.717) is 30.5 Å². The van der Waals surface area contributed by atoms with E-state index in [-0.39, 0.29) is 12.5 Å². The number of rotatable bonds is 4. The number of anilines is 1. The summed E-state index contributed by atoms with van der Waals surface area (Å²) in [4.78, 5) is 25.6. The van der Waals surface area contributed by atoms with E-state index >= 15 is 0 Å². The fraction of sp³-hybridized carbons (Fsp3) is 0.400. The van der Waals surface area contributed by atoms with Gasteiger partial charge in [0.15, 0.2) is 5.65 Å². The maximum atomic E-state index is 12.2. The van der Waals surface area contributed by atoms with Gasteiger partial charge in [-0.05, 0) is 31.5 Å². The highest BCUT2D eigenvalue weighted by Gasteiger charge is 2.23. The van der Waals surface area contributed by atoms with Gasteiger partial charge in [-0.2, -0.15) is 5.10 Å². The van der Waals surface area contributed by atoms with Gasteiger partial charge in [0.05, 0.1) is 17.3 Å². The molecule has 0 radical (unpaired) electrons. The summed E-state index contributed by atoms with van der Waals surface area (Å²) in [6, 6.07) is 7.52. The van der Waals surface area contributed by atoms with E-state index in [1.165, 1.54) is 0 Å². The zero-order valence-corrected chi connectivity index (χ0v) is 17.3. The normalized spacial score (nSPS) is 15.0. The van der Waals surface area contributed by atoms with E-state index in [0.717, 1.165) is 35.5 Å². The Balaban J connectivity index is 1.67. The zero-order valence-electron chi connectivity index (χ0n) is 16.5. The van der Waals surface area contributed by atoms with Crippen molar-refractivity contribution in [2.24, 2.45) is 0 Å². The van der Waals surface area contributed by atoms with Gasteiger partial charge in [-0.15, -0.1) is 0 Å². The first-order chi connectivity index (χ1) is 14.1. The molecule has 1 aliphatic rings. The second-order valence-corrected chi connectivity index (χ2v) is 7.46. The summed E-state index contributed by atoms with van der Waals surface area (Å²) in [5.41, 5.74) is 1.59. The average molecular weight is 415 g/mol. The van der Waals surface area contributed by atoms with Crippen molar-refractivity contribution in [1.29, 1.82) is 0 Å². The van der Waals surface area contributed by atoms with E-state index in [1.807, 2.05) is 36.1 Å². The smallest absolute Gasteiger partial charge is 0.248 e. The van der Waals surface area contributed by atoms with E-state index < -0.39 is 0 Å². The number of aromatic nitrogens is 4. The van der Waals surface area contributed by atoms with E-state index in [4.69, 9.17) is 21.3 Å². The van der Waals surface area contributed by atoms with E-state index in [9.17, 15) is 4.79 Å². The van der Waals surface area contributed by atoms with Crippen LogP contribution in [0.3, 0.4) is 0 Å². The first-order valence-electron chi connectivity index (χ1n) is 9.57.